The van der Waals surface area contributed by atoms with Crippen LogP contribution in [0.1, 0.15) is 37.0 Å². The van der Waals surface area contributed by atoms with E-state index < -0.39 is 11.4 Å². The summed E-state index contributed by atoms with van der Waals surface area (Å²) in [5.74, 6) is -0.715. The first-order valence-corrected chi connectivity index (χ1v) is 5.68. The Bertz CT molecular complexity index is 396. The fourth-order valence-electron chi connectivity index (χ4n) is 1.72. The molecule has 2 nitrogen and oxygen atoms in total. The topological polar surface area (TPSA) is 37.3 Å². The molecule has 0 heterocycles. The highest BCUT2D eigenvalue weighted by Gasteiger charge is 2.31. The third-order valence-corrected chi connectivity index (χ3v) is 3.46. The predicted molar refractivity (Wildman–Crippen MR) is 65.7 cm³/mol. The molecule has 2 heteroatoms. The lowest BCUT2D eigenvalue weighted by Crippen LogP contribution is -2.29. The fraction of sp³-hybridized carbons (Fsp3) is 0.500. The van der Waals surface area contributed by atoms with Crippen molar-refractivity contribution in [2.24, 2.45) is 5.41 Å². The number of rotatable bonds is 4. The molecule has 1 unspecified atom stereocenters. The Kier molecular flexibility index (Phi) is 3.74. The zero-order valence-electron chi connectivity index (χ0n) is 10.5. The maximum atomic E-state index is 11.2. The van der Waals surface area contributed by atoms with Crippen molar-refractivity contribution in [3.8, 4) is 0 Å². The van der Waals surface area contributed by atoms with Gasteiger partial charge in [-0.1, -0.05) is 25.1 Å². The van der Waals surface area contributed by atoms with Crippen molar-refractivity contribution in [1.82, 2.24) is 0 Å². The molecular formula is C14H20O2. The molecule has 0 saturated heterocycles. The maximum Gasteiger partial charge on any atom is 0.309 e. The molecule has 0 radical (unpaired) electrons. The van der Waals surface area contributed by atoms with Crippen LogP contribution in [0.3, 0.4) is 0 Å². The monoisotopic (exact) mass is 220 g/mol. The summed E-state index contributed by atoms with van der Waals surface area (Å²) < 4.78 is 0. The molecule has 16 heavy (non-hydrogen) atoms. The van der Waals surface area contributed by atoms with Gasteiger partial charge in [-0.15, -0.1) is 0 Å². The largest absolute Gasteiger partial charge is 0.481 e. The third-order valence-electron chi connectivity index (χ3n) is 3.46. The minimum Gasteiger partial charge on any atom is -0.481 e. The lowest BCUT2D eigenvalue weighted by atomic mass is 9.81. The average molecular weight is 220 g/mol. The van der Waals surface area contributed by atoms with Crippen molar-refractivity contribution >= 4 is 5.97 Å². The summed E-state index contributed by atoms with van der Waals surface area (Å²) in [7, 11) is 0. The van der Waals surface area contributed by atoms with Crippen LogP contribution in [0, 0.1) is 19.3 Å². The number of carbonyl (C=O) groups is 1. The number of carboxylic acids is 1. The second-order valence-corrected chi connectivity index (χ2v) is 4.81. The van der Waals surface area contributed by atoms with Gasteiger partial charge in [0.25, 0.3) is 0 Å². The van der Waals surface area contributed by atoms with Crippen LogP contribution in [0.2, 0.25) is 0 Å². The molecular weight excluding hydrogens is 200 g/mol. The van der Waals surface area contributed by atoms with Crippen molar-refractivity contribution in [2.75, 3.05) is 0 Å². The highest BCUT2D eigenvalue weighted by atomic mass is 16.4. The van der Waals surface area contributed by atoms with Gasteiger partial charge in [0.05, 0.1) is 5.41 Å². The van der Waals surface area contributed by atoms with E-state index in [4.69, 9.17) is 0 Å². The number of benzene rings is 1. The highest BCUT2D eigenvalue weighted by Crippen LogP contribution is 2.27. The van der Waals surface area contributed by atoms with Crippen LogP contribution in [-0.4, -0.2) is 11.1 Å². The summed E-state index contributed by atoms with van der Waals surface area (Å²) in [6.45, 7) is 7.86. The Morgan fingerprint density at radius 1 is 1.31 bits per heavy atom. The molecule has 0 bridgehead atoms. The molecule has 0 aliphatic heterocycles. The molecule has 0 spiro atoms. The zero-order valence-corrected chi connectivity index (χ0v) is 10.5. The summed E-state index contributed by atoms with van der Waals surface area (Å²) in [6.07, 6.45) is 1.25. The van der Waals surface area contributed by atoms with Crippen LogP contribution in [-0.2, 0) is 11.2 Å². The first-order valence-electron chi connectivity index (χ1n) is 5.68. The van der Waals surface area contributed by atoms with Crippen LogP contribution in [0.15, 0.2) is 18.2 Å². The summed E-state index contributed by atoms with van der Waals surface area (Å²) in [6, 6.07) is 6.17. The number of aliphatic carboxylic acids is 1. The number of carboxylic acid groups (broad SMARTS) is 1. The summed E-state index contributed by atoms with van der Waals surface area (Å²) >= 11 is 0. The normalized spacial score (nSPS) is 14.5. The second kappa shape index (κ2) is 4.69. The molecule has 0 aliphatic rings. The van der Waals surface area contributed by atoms with Crippen LogP contribution < -0.4 is 0 Å². The quantitative estimate of drug-likeness (QED) is 0.845. The minimum atomic E-state index is -0.715. The fourth-order valence-corrected chi connectivity index (χ4v) is 1.72. The Morgan fingerprint density at radius 3 is 2.38 bits per heavy atom. The van der Waals surface area contributed by atoms with E-state index in [0.717, 1.165) is 5.56 Å². The van der Waals surface area contributed by atoms with Gasteiger partial charge in [0.2, 0.25) is 0 Å². The molecule has 1 N–H and O–H groups in total. The van der Waals surface area contributed by atoms with Gasteiger partial charge in [0, 0.05) is 0 Å². The van der Waals surface area contributed by atoms with Crippen molar-refractivity contribution in [1.29, 1.82) is 0 Å². The summed E-state index contributed by atoms with van der Waals surface area (Å²) in [5.41, 5.74) is 2.93. The Labute approximate surface area is 97.3 Å². The van der Waals surface area contributed by atoms with Crippen molar-refractivity contribution < 1.29 is 9.90 Å². The van der Waals surface area contributed by atoms with Crippen LogP contribution >= 0.6 is 0 Å². The maximum absolute atomic E-state index is 11.2. The Balaban J connectivity index is 2.95. The molecule has 0 fully saturated rings. The average Bonchev–Trinajstić information content (AvgIpc) is 2.23. The molecule has 1 aromatic rings. The van der Waals surface area contributed by atoms with Crippen LogP contribution in [0.4, 0.5) is 0 Å². The lowest BCUT2D eigenvalue weighted by Gasteiger charge is -2.23. The predicted octanol–water partition coefficient (Wildman–Crippen LogP) is 3.35. The first kappa shape index (κ1) is 12.8. The van der Waals surface area contributed by atoms with E-state index in [0.29, 0.717) is 12.8 Å². The molecule has 0 saturated carbocycles. The van der Waals surface area contributed by atoms with E-state index in [1.54, 1.807) is 0 Å². The summed E-state index contributed by atoms with van der Waals surface area (Å²) in [4.78, 5) is 11.2. The Hall–Kier alpha value is -1.31. The van der Waals surface area contributed by atoms with E-state index >= 15 is 0 Å². The highest BCUT2D eigenvalue weighted by molar-refractivity contribution is 5.74. The van der Waals surface area contributed by atoms with Gasteiger partial charge < -0.3 is 5.11 Å². The van der Waals surface area contributed by atoms with Crippen molar-refractivity contribution in [3.63, 3.8) is 0 Å². The van der Waals surface area contributed by atoms with E-state index in [1.807, 2.05) is 19.9 Å². The molecule has 1 atom stereocenters. The van der Waals surface area contributed by atoms with Crippen molar-refractivity contribution in [2.45, 2.75) is 40.5 Å². The van der Waals surface area contributed by atoms with E-state index in [1.165, 1.54) is 11.1 Å². The molecule has 0 aliphatic carbocycles. The van der Waals surface area contributed by atoms with Gasteiger partial charge in [-0.2, -0.15) is 0 Å². The minimum absolute atomic E-state index is 0.597. The third kappa shape index (κ3) is 2.63. The molecule has 88 valence electrons. The number of hydrogen-bond acceptors (Lipinski definition) is 1. The van der Waals surface area contributed by atoms with Crippen LogP contribution in [0.25, 0.3) is 0 Å². The van der Waals surface area contributed by atoms with Gasteiger partial charge >= 0.3 is 5.97 Å². The first-order chi connectivity index (χ1) is 7.39. The number of aryl methyl sites for hydroxylation is 2. The molecule has 0 amide bonds. The van der Waals surface area contributed by atoms with Crippen molar-refractivity contribution in [3.05, 3.63) is 34.9 Å². The molecule has 0 aromatic heterocycles. The van der Waals surface area contributed by atoms with E-state index in [2.05, 4.69) is 26.0 Å². The van der Waals surface area contributed by atoms with E-state index in [9.17, 15) is 9.90 Å². The van der Waals surface area contributed by atoms with Gasteiger partial charge in [0.1, 0.15) is 0 Å². The van der Waals surface area contributed by atoms with Gasteiger partial charge in [-0.25, -0.2) is 0 Å². The van der Waals surface area contributed by atoms with E-state index in [-0.39, 0.29) is 0 Å². The SMILES string of the molecule is CCC(C)(Cc1ccc(C)c(C)c1)C(=O)O. The van der Waals surface area contributed by atoms with Crippen LogP contribution in [0.5, 0.6) is 0 Å². The standard InChI is InChI=1S/C14H20O2/c1-5-14(4,13(15)16)9-12-7-6-10(2)11(3)8-12/h6-8H,5,9H2,1-4H3,(H,15,16). The summed E-state index contributed by atoms with van der Waals surface area (Å²) in [5, 5.41) is 9.22. The van der Waals surface area contributed by atoms with Gasteiger partial charge in [0.15, 0.2) is 0 Å². The smallest absolute Gasteiger partial charge is 0.309 e. The van der Waals surface area contributed by atoms with Gasteiger partial charge in [-0.3, -0.25) is 4.79 Å². The number of hydrogen-bond donors (Lipinski definition) is 1. The molecule has 1 aromatic carbocycles. The zero-order chi connectivity index (χ0) is 12.3. The second-order valence-electron chi connectivity index (χ2n) is 4.81. The van der Waals surface area contributed by atoms with Gasteiger partial charge in [-0.05, 0) is 50.3 Å². The molecule has 1 rings (SSSR count). The lowest BCUT2D eigenvalue weighted by molar-refractivity contribution is -0.148. The Morgan fingerprint density at radius 2 is 1.94 bits per heavy atom.